The molecule has 2 atom stereocenters. The number of aromatic nitrogens is 4. The third kappa shape index (κ3) is 7.15. The molecule has 0 saturated carbocycles. The number of alkyl halides is 3. The number of pyridine rings is 1. The summed E-state index contributed by atoms with van der Waals surface area (Å²) in [6, 6.07) is 5.65. The second-order valence-corrected chi connectivity index (χ2v) is 10.7. The Balaban J connectivity index is 1.85. The van der Waals surface area contributed by atoms with E-state index < -0.39 is 33.8 Å². The summed E-state index contributed by atoms with van der Waals surface area (Å²) >= 11 is 5.86. The van der Waals surface area contributed by atoms with Gasteiger partial charge in [-0.3, -0.25) is 4.79 Å². The fraction of sp³-hybridized carbons (Fsp3) is 0.333. The largest absolute Gasteiger partial charge is 0.573 e. The van der Waals surface area contributed by atoms with Crippen molar-refractivity contribution in [3.63, 3.8) is 0 Å². The molecule has 1 N–H and O–H groups in total. The standard InChI is InChI=1S/C21H22ClF3N6O3S/c1-5-35(4,33)30-16-6-7-18(26-11-16)31-19(28-13(3)29-31)12(2)27-20(32)14-8-15(22)10-17(9-14)34-21(23,24)25/h6-12H,5H2,1-4H3,(H,27,32)/t12-,35?/m0/s1. The number of halogens is 4. The van der Waals surface area contributed by atoms with Gasteiger partial charge in [0.25, 0.3) is 5.91 Å². The molecule has 0 bridgehead atoms. The lowest BCUT2D eigenvalue weighted by Gasteiger charge is -2.15. The Hall–Kier alpha value is -3.19. The van der Waals surface area contributed by atoms with Gasteiger partial charge in [0.05, 0.1) is 17.9 Å². The third-order valence-corrected chi connectivity index (χ3v) is 6.51. The van der Waals surface area contributed by atoms with Gasteiger partial charge in [-0.2, -0.15) is 9.04 Å². The normalized spacial score (nSPS) is 14.2. The lowest BCUT2D eigenvalue weighted by Crippen LogP contribution is -2.29. The summed E-state index contributed by atoms with van der Waals surface area (Å²) in [4.78, 5) is 21.4. The number of carbonyl (C=O) groups is 1. The first-order valence-electron chi connectivity index (χ1n) is 10.2. The highest BCUT2D eigenvalue weighted by molar-refractivity contribution is 7.93. The molecule has 35 heavy (non-hydrogen) atoms. The fourth-order valence-electron chi connectivity index (χ4n) is 2.96. The molecule has 0 fully saturated rings. The molecule has 3 aromatic rings. The van der Waals surface area contributed by atoms with Crippen molar-refractivity contribution >= 4 is 32.9 Å². The van der Waals surface area contributed by atoms with Crippen molar-refractivity contribution < 1.29 is 26.9 Å². The number of benzene rings is 1. The second-order valence-electron chi connectivity index (χ2n) is 7.56. The molecule has 188 valence electrons. The quantitative estimate of drug-likeness (QED) is 0.471. The van der Waals surface area contributed by atoms with E-state index in [4.69, 9.17) is 11.6 Å². The Morgan fingerprint density at radius 3 is 2.63 bits per heavy atom. The monoisotopic (exact) mass is 530 g/mol. The highest BCUT2D eigenvalue weighted by Crippen LogP contribution is 2.27. The highest BCUT2D eigenvalue weighted by atomic mass is 35.5. The maximum Gasteiger partial charge on any atom is 0.573 e. The molecule has 0 aliphatic rings. The molecule has 2 heterocycles. The van der Waals surface area contributed by atoms with Crippen LogP contribution in [0.3, 0.4) is 0 Å². The fourth-order valence-corrected chi connectivity index (χ4v) is 3.86. The van der Waals surface area contributed by atoms with Crippen LogP contribution in [0.4, 0.5) is 18.9 Å². The Bertz CT molecular complexity index is 1350. The van der Waals surface area contributed by atoms with Gasteiger partial charge in [0.1, 0.15) is 11.6 Å². The first-order valence-corrected chi connectivity index (χ1v) is 12.7. The van der Waals surface area contributed by atoms with E-state index in [2.05, 4.69) is 29.5 Å². The summed E-state index contributed by atoms with van der Waals surface area (Å²) in [6.07, 6.45) is -1.92. The topological polar surface area (TPSA) is 111 Å². The van der Waals surface area contributed by atoms with Crippen molar-refractivity contribution in [3.05, 3.63) is 58.8 Å². The van der Waals surface area contributed by atoms with Crippen LogP contribution in [0.15, 0.2) is 40.9 Å². The van der Waals surface area contributed by atoms with Crippen LogP contribution >= 0.6 is 11.6 Å². The van der Waals surface area contributed by atoms with Gasteiger partial charge < -0.3 is 10.1 Å². The average molecular weight is 531 g/mol. The Kier molecular flexibility index (Phi) is 7.70. The van der Waals surface area contributed by atoms with Crippen molar-refractivity contribution in [2.24, 2.45) is 4.36 Å². The summed E-state index contributed by atoms with van der Waals surface area (Å²) in [6.45, 7) is 5.07. The van der Waals surface area contributed by atoms with Crippen molar-refractivity contribution in [3.8, 4) is 11.6 Å². The number of nitrogens with one attached hydrogen (secondary N) is 1. The van der Waals surface area contributed by atoms with Crippen molar-refractivity contribution in [2.45, 2.75) is 33.2 Å². The number of nitrogens with zero attached hydrogens (tertiary/aromatic N) is 5. The molecule has 0 aliphatic heterocycles. The number of hydrogen-bond donors (Lipinski definition) is 1. The van der Waals surface area contributed by atoms with Gasteiger partial charge in [-0.1, -0.05) is 18.5 Å². The number of amides is 1. The molecule has 1 amide bonds. The zero-order valence-electron chi connectivity index (χ0n) is 19.1. The minimum atomic E-state index is -4.93. The zero-order chi connectivity index (χ0) is 26.0. The minimum absolute atomic E-state index is 0.0997. The van der Waals surface area contributed by atoms with Gasteiger partial charge >= 0.3 is 6.36 Å². The molecule has 0 radical (unpaired) electrons. The van der Waals surface area contributed by atoms with E-state index in [9.17, 15) is 22.2 Å². The van der Waals surface area contributed by atoms with Crippen LogP contribution in [0.25, 0.3) is 5.82 Å². The summed E-state index contributed by atoms with van der Waals surface area (Å²) in [7, 11) is -2.35. The molecular formula is C21H22ClF3N6O3S. The van der Waals surface area contributed by atoms with E-state index in [0.29, 0.717) is 28.9 Å². The summed E-state index contributed by atoms with van der Waals surface area (Å²) in [5.41, 5.74) is 0.315. The molecule has 0 spiro atoms. The van der Waals surface area contributed by atoms with Crippen LogP contribution < -0.4 is 10.1 Å². The van der Waals surface area contributed by atoms with Crippen LogP contribution in [-0.2, 0) is 9.73 Å². The molecule has 2 aromatic heterocycles. The van der Waals surface area contributed by atoms with E-state index in [1.165, 1.54) is 16.9 Å². The van der Waals surface area contributed by atoms with Crippen molar-refractivity contribution in [2.75, 3.05) is 12.0 Å². The van der Waals surface area contributed by atoms with Gasteiger partial charge in [-0.15, -0.1) is 18.3 Å². The van der Waals surface area contributed by atoms with E-state index in [1.54, 1.807) is 39.2 Å². The average Bonchev–Trinajstić information content (AvgIpc) is 3.14. The van der Waals surface area contributed by atoms with E-state index in [0.717, 1.165) is 12.1 Å². The van der Waals surface area contributed by atoms with E-state index in [1.807, 2.05) is 0 Å². The van der Waals surface area contributed by atoms with Crippen molar-refractivity contribution in [1.29, 1.82) is 0 Å². The number of carbonyl (C=O) groups excluding carboxylic acids is 1. The van der Waals surface area contributed by atoms with Gasteiger partial charge in [0, 0.05) is 32.3 Å². The van der Waals surface area contributed by atoms with Gasteiger partial charge in [-0.05, 0) is 44.2 Å². The van der Waals surface area contributed by atoms with Crippen molar-refractivity contribution in [1.82, 2.24) is 25.1 Å². The molecular weight excluding hydrogens is 509 g/mol. The first kappa shape index (κ1) is 26.4. The summed E-state index contributed by atoms with van der Waals surface area (Å²) < 4.78 is 59.4. The highest BCUT2D eigenvalue weighted by Gasteiger charge is 2.31. The summed E-state index contributed by atoms with van der Waals surface area (Å²) in [5.74, 6) is 0.199. The number of aryl methyl sites for hydroxylation is 1. The minimum Gasteiger partial charge on any atom is -0.406 e. The number of ether oxygens (including phenoxy) is 1. The van der Waals surface area contributed by atoms with Gasteiger partial charge in [-0.25, -0.2) is 14.2 Å². The van der Waals surface area contributed by atoms with Crippen LogP contribution in [0.2, 0.25) is 5.02 Å². The summed E-state index contributed by atoms with van der Waals surface area (Å²) in [5, 5.41) is 6.87. The molecule has 1 aromatic carbocycles. The van der Waals surface area contributed by atoms with Crippen LogP contribution in [0.5, 0.6) is 5.75 Å². The maximum atomic E-state index is 12.7. The van der Waals surface area contributed by atoms with E-state index in [-0.39, 0.29) is 10.6 Å². The first-order chi connectivity index (χ1) is 16.3. The van der Waals surface area contributed by atoms with Crippen LogP contribution in [-0.4, -0.2) is 48.2 Å². The Morgan fingerprint density at radius 2 is 2.03 bits per heavy atom. The lowest BCUT2D eigenvalue weighted by molar-refractivity contribution is -0.274. The number of hydrogen-bond acceptors (Lipinski definition) is 7. The molecule has 14 heteroatoms. The predicted molar refractivity (Wildman–Crippen MR) is 125 cm³/mol. The molecule has 9 nitrogen and oxygen atoms in total. The molecule has 3 rings (SSSR count). The molecule has 1 unspecified atom stereocenters. The molecule has 0 saturated heterocycles. The van der Waals surface area contributed by atoms with Crippen LogP contribution in [0.1, 0.15) is 41.9 Å². The Labute approximate surface area is 204 Å². The maximum absolute atomic E-state index is 12.7. The molecule has 0 aliphatic carbocycles. The van der Waals surface area contributed by atoms with Gasteiger partial charge in [0.2, 0.25) is 0 Å². The smallest absolute Gasteiger partial charge is 0.406 e. The zero-order valence-corrected chi connectivity index (χ0v) is 20.7. The van der Waals surface area contributed by atoms with Gasteiger partial charge in [0.15, 0.2) is 11.6 Å². The predicted octanol–water partition coefficient (Wildman–Crippen LogP) is 4.76. The second kappa shape index (κ2) is 10.2. The number of rotatable bonds is 7. The third-order valence-electron chi connectivity index (χ3n) is 4.62. The van der Waals surface area contributed by atoms with Crippen LogP contribution in [0, 0.1) is 6.92 Å². The van der Waals surface area contributed by atoms with E-state index >= 15 is 0 Å². The lowest BCUT2D eigenvalue weighted by atomic mass is 10.2. The SMILES string of the molecule is CCS(C)(=O)=Nc1ccc(-n2nc(C)nc2[C@H](C)NC(=O)c2cc(Cl)cc(OC(F)(F)F)c2)nc1. The Morgan fingerprint density at radius 1 is 1.31 bits per heavy atom.